The quantitative estimate of drug-likeness (QED) is 0.690. The van der Waals surface area contributed by atoms with E-state index in [4.69, 9.17) is 16.7 Å². The Bertz CT molecular complexity index is 1020. The van der Waals surface area contributed by atoms with E-state index in [0.29, 0.717) is 0 Å². The summed E-state index contributed by atoms with van der Waals surface area (Å²) in [6, 6.07) is 8.44. The van der Waals surface area contributed by atoms with Gasteiger partial charge < -0.3 is 14.8 Å². The lowest BCUT2D eigenvalue weighted by Crippen LogP contribution is -2.45. The minimum absolute atomic E-state index is 0.0425. The predicted molar refractivity (Wildman–Crippen MR) is 92.9 cm³/mol. The maximum atomic E-state index is 14.0. The number of hydrogen-bond acceptors (Lipinski definition) is 3. The Kier molecular flexibility index (Phi) is 4.65. The third-order valence-electron chi connectivity index (χ3n) is 4.31. The second-order valence-corrected chi connectivity index (χ2v) is 6.34. The highest BCUT2D eigenvalue weighted by Gasteiger charge is 2.59. The van der Waals surface area contributed by atoms with Crippen LogP contribution in [0.15, 0.2) is 42.5 Å². The molecular formula is C18H14ClF3N2O3. The highest BCUT2D eigenvalue weighted by Crippen LogP contribution is 2.44. The fourth-order valence-corrected chi connectivity index (χ4v) is 3.09. The number of carboxylic acids is 1. The molecule has 0 fully saturated rings. The number of alkyl halides is 3. The third-order valence-corrected chi connectivity index (χ3v) is 4.56. The van der Waals surface area contributed by atoms with Crippen molar-refractivity contribution in [1.29, 1.82) is 0 Å². The molecule has 0 spiro atoms. The SMILES string of the molecule is CCn1c(C(O)(c2ccc(Cl)cc2)C(F)(F)F)nc2ccc(C(=O)O)cc21. The molecule has 2 N–H and O–H groups in total. The van der Waals surface area contributed by atoms with E-state index in [9.17, 15) is 23.1 Å². The Morgan fingerprint density at radius 2 is 1.81 bits per heavy atom. The highest BCUT2D eigenvalue weighted by molar-refractivity contribution is 6.30. The Hall–Kier alpha value is -2.58. The van der Waals surface area contributed by atoms with Crippen molar-refractivity contribution in [2.75, 3.05) is 0 Å². The van der Waals surface area contributed by atoms with Gasteiger partial charge in [-0.3, -0.25) is 0 Å². The number of halogens is 4. The molecule has 1 atom stereocenters. The molecule has 0 radical (unpaired) electrons. The number of aromatic carboxylic acids is 1. The van der Waals surface area contributed by atoms with Crippen molar-refractivity contribution in [1.82, 2.24) is 9.55 Å². The van der Waals surface area contributed by atoms with Crippen molar-refractivity contribution in [3.63, 3.8) is 0 Å². The molecule has 3 rings (SSSR count). The van der Waals surface area contributed by atoms with Crippen LogP contribution in [0.1, 0.15) is 28.7 Å². The van der Waals surface area contributed by atoms with Crippen LogP contribution in [-0.4, -0.2) is 31.9 Å². The number of nitrogens with zero attached hydrogens (tertiary/aromatic N) is 2. The van der Waals surface area contributed by atoms with Crippen molar-refractivity contribution < 1.29 is 28.2 Å². The van der Waals surface area contributed by atoms with Gasteiger partial charge in [0.05, 0.1) is 16.6 Å². The van der Waals surface area contributed by atoms with Gasteiger partial charge >= 0.3 is 12.1 Å². The zero-order valence-electron chi connectivity index (χ0n) is 14.0. The van der Waals surface area contributed by atoms with Crippen LogP contribution in [-0.2, 0) is 12.1 Å². The predicted octanol–water partition coefficient (Wildman–Crippen LogP) is 4.21. The molecule has 0 saturated carbocycles. The Balaban J connectivity index is 2.34. The summed E-state index contributed by atoms with van der Waals surface area (Å²) in [6.45, 7) is 1.62. The molecule has 5 nitrogen and oxygen atoms in total. The van der Waals surface area contributed by atoms with Gasteiger partial charge in [0.15, 0.2) is 5.82 Å². The number of imidazole rings is 1. The number of aromatic nitrogens is 2. The van der Waals surface area contributed by atoms with E-state index in [1.165, 1.54) is 30.3 Å². The van der Waals surface area contributed by atoms with Crippen molar-refractivity contribution in [2.45, 2.75) is 25.2 Å². The number of benzene rings is 2. The topological polar surface area (TPSA) is 75.3 Å². The monoisotopic (exact) mass is 398 g/mol. The summed E-state index contributed by atoms with van der Waals surface area (Å²) in [5, 5.41) is 20.2. The van der Waals surface area contributed by atoms with E-state index >= 15 is 0 Å². The van der Waals surface area contributed by atoms with Gasteiger partial charge in [-0.2, -0.15) is 13.2 Å². The molecular weight excluding hydrogens is 385 g/mol. The lowest BCUT2D eigenvalue weighted by Gasteiger charge is -2.30. The van der Waals surface area contributed by atoms with Gasteiger partial charge in [0.25, 0.3) is 0 Å². The highest BCUT2D eigenvalue weighted by atomic mass is 35.5. The molecule has 1 aromatic heterocycles. The fraction of sp³-hybridized carbons (Fsp3) is 0.222. The van der Waals surface area contributed by atoms with E-state index in [0.717, 1.165) is 16.7 Å². The van der Waals surface area contributed by atoms with Crippen LogP contribution in [0.3, 0.4) is 0 Å². The standard InChI is InChI=1S/C18H14ClF3N2O3/c1-2-24-14-9-10(15(25)26)3-8-13(14)23-16(24)17(27,18(20,21)22)11-4-6-12(19)7-5-11/h3-9,27H,2H2,1H3,(H,25,26). The maximum absolute atomic E-state index is 14.0. The zero-order chi connectivity index (χ0) is 20.0. The average Bonchev–Trinajstić information content (AvgIpc) is 2.98. The molecule has 0 aliphatic heterocycles. The molecule has 0 aliphatic rings. The molecule has 27 heavy (non-hydrogen) atoms. The van der Waals surface area contributed by atoms with Gasteiger partial charge in [0.2, 0.25) is 5.60 Å². The molecule has 0 amide bonds. The van der Waals surface area contributed by atoms with Crippen LogP contribution < -0.4 is 0 Å². The summed E-state index contributed by atoms with van der Waals surface area (Å²) in [6.07, 6.45) is -5.08. The van der Waals surface area contributed by atoms with Gasteiger partial charge in [-0.1, -0.05) is 23.7 Å². The molecule has 1 unspecified atom stereocenters. The first kappa shape index (κ1) is 19.2. The molecule has 142 valence electrons. The Morgan fingerprint density at radius 3 is 2.33 bits per heavy atom. The molecule has 0 bridgehead atoms. The number of carboxylic acid groups (broad SMARTS) is 1. The van der Waals surface area contributed by atoms with Gasteiger partial charge in [-0.05, 0) is 37.3 Å². The maximum Gasteiger partial charge on any atom is 0.428 e. The van der Waals surface area contributed by atoms with Gasteiger partial charge in [-0.15, -0.1) is 0 Å². The summed E-state index contributed by atoms with van der Waals surface area (Å²) in [5.41, 5.74) is -3.60. The second-order valence-electron chi connectivity index (χ2n) is 5.90. The molecule has 2 aromatic carbocycles. The first-order valence-electron chi connectivity index (χ1n) is 7.88. The summed E-state index contributed by atoms with van der Waals surface area (Å²) >= 11 is 5.75. The van der Waals surface area contributed by atoms with Crippen molar-refractivity contribution in [3.05, 3.63) is 64.4 Å². The Morgan fingerprint density at radius 1 is 1.19 bits per heavy atom. The van der Waals surface area contributed by atoms with E-state index in [-0.39, 0.29) is 28.2 Å². The lowest BCUT2D eigenvalue weighted by atomic mass is 9.92. The average molecular weight is 399 g/mol. The first-order chi connectivity index (χ1) is 12.6. The summed E-state index contributed by atoms with van der Waals surface area (Å²) < 4.78 is 43.2. The minimum atomic E-state index is -5.08. The summed E-state index contributed by atoms with van der Waals surface area (Å²) in [7, 11) is 0. The van der Waals surface area contributed by atoms with Crippen LogP contribution in [0.25, 0.3) is 11.0 Å². The fourth-order valence-electron chi connectivity index (χ4n) is 2.96. The van der Waals surface area contributed by atoms with Gasteiger partial charge in [0.1, 0.15) is 0 Å². The molecule has 1 heterocycles. The zero-order valence-corrected chi connectivity index (χ0v) is 14.7. The molecule has 3 aromatic rings. The normalized spacial score (nSPS) is 14.3. The van der Waals surface area contributed by atoms with E-state index in [1.807, 2.05) is 0 Å². The summed E-state index contributed by atoms with van der Waals surface area (Å²) in [4.78, 5) is 15.2. The van der Waals surface area contributed by atoms with Crippen LogP contribution >= 0.6 is 11.6 Å². The number of hydrogen-bond donors (Lipinski definition) is 2. The van der Waals surface area contributed by atoms with Gasteiger partial charge in [0, 0.05) is 17.1 Å². The van der Waals surface area contributed by atoms with Crippen molar-refractivity contribution in [2.24, 2.45) is 0 Å². The molecule has 9 heteroatoms. The Labute approximate surface area is 156 Å². The number of aryl methyl sites for hydroxylation is 1. The van der Waals surface area contributed by atoms with Crippen molar-refractivity contribution >= 4 is 28.6 Å². The van der Waals surface area contributed by atoms with Gasteiger partial charge in [-0.25, -0.2) is 9.78 Å². The van der Waals surface area contributed by atoms with Crippen LogP contribution in [0, 0.1) is 0 Å². The van der Waals surface area contributed by atoms with E-state index in [2.05, 4.69) is 4.98 Å². The number of aliphatic hydroxyl groups is 1. The smallest absolute Gasteiger partial charge is 0.428 e. The van der Waals surface area contributed by atoms with E-state index < -0.39 is 29.1 Å². The third kappa shape index (κ3) is 3.04. The van der Waals surface area contributed by atoms with Crippen LogP contribution in [0.2, 0.25) is 5.02 Å². The van der Waals surface area contributed by atoms with Crippen molar-refractivity contribution in [3.8, 4) is 0 Å². The molecule has 0 saturated heterocycles. The van der Waals surface area contributed by atoms with E-state index in [1.54, 1.807) is 6.92 Å². The van der Waals surface area contributed by atoms with Crippen LogP contribution in [0.5, 0.6) is 0 Å². The first-order valence-corrected chi connectivity index (χ1v) is 8.26. The van der Waals surface area contributed by atoms with Crippen LogP contribution in [0.4, 0.5) is 13.2 Å². The number of rotatable bonds is 4. The minimum Gasteiger partial charge on any atom is -0.478 e. The molecule has 0 aliphatic carbocycles. The lowest BCUT2D eigenvalue weighted by molar-refractivity contribution is -0.252. The second kappa shape index (κ2) is 6.54. The largest absolute Gasteiger partial charge is 0.478 e. The number of carbonyl (C=O) groups is 1. The number of fused-ring (bicyclic) bond motifs is 1. The summed E-state index contributed by atoms with van der Waals surface area (Å²) in [5.74, 6) is -1.86.